The van der Waals surface area contributed by atoms with Crippen molar-refractivity contribution in [2.45, 2.75) is 6.54 Å². The Morgan fingerprint density at radius 1 is 0.958 bits per heavy atom. The van der Waals surface area contributed by atoms with E-state index in [1.54, 1.807) is 12.5 Å². The zero-order valence-electron chi connectivity index (χ0n) is 13.2. The maximum absolute atomic E-state index is 5.77. The maximum Gasteiger partial charge on any atom is 0.161 e. The number of imidazole rings is 1. The highest BCUT2D eigenvalue weighted by atomic mass is 16.6. The zero-order valence-corrected chi connectivity index (χ0v) is 13.2. The quantitative estimate of drug-likeness (QED) is 0.722. The molecular weight excluding hydrogens is 304 g/mol. The molecule has 5 heteroatoms. The van der Waals surface area contributed by atoms with Crippen molar-refractivity contribution in [2.24, 2.45) is 0 Å². The van der Waals surface area contributed by atoms with Gasteiger partial charge in [-0.3, -0.25) is 0 Å². The summed E-state index contributed by atoms with van der Waals surface area (Å²) < 4.78 is 19.0. The van der Waals surface area contributed by atoms with E-state index in [4.69, 9.17) is 14.2 Å². The standard InChI is InChI=1S/C19H18N2O3/c1-4-17(22-10-9-21-8-7-20-14-21)5-2-15(1)16-3-6-18-19(13-16)24-12-11-23-18/h1-8,13-14H,9-12H2. The van der Waals surface area contributed by atoms with E-state index in [-0.39, 0.29) is 0 Å². The monoisotopic (exact) mass is 322 g/mol. The Kier molecular flexibility index (Phi) is 4.06. The Balaban J connectivity index is 1.41. The summed E-state index contributed by atoms with van der Waals surface area (Å²) >= 11 is 0. The summed E-state index contributed by atoms with van der Waals surface area (Å²) in [5, 5.41) is 0. The number of benzene rings is 2. The van der Waals surface area contributed by atoms with Crippen LogP contribution in [0.4, 0.5) is 0 Å². The van der Waals surface area contributed by atoms with Gasteiger partial charge < -0.3 is 18.8 Å². The first-order valence-corrected chi connectivity index (χ1v) is 7.97. The van der Waals surface area contributed by atoms with Crippen LogP contribution in [0.15, 0.2) is 61.2 Å². The van der Waals surface area contributed by atoms with Gasteiger partial charge in [-0.25, -0.2) is 4.98 Å². The van der Waals surface area contributed by atoms with Crippen LogP contribution in [0.2, 0.25) is 0 Å². The fraction of sp³-hybridized carbons (Fsp3) is 0.211. The first-order chi connectivity index (χ1) is 11.9. The van der Waals surface area contributed by atoms with E-state index >= 15 is 0 Å². The van der Waals surface area contributed by atoms with E-state index < -0.39 is 0 Å². The lowest BCUT2D eigenvalue weighted by molar-refractivity contribution is 0.171. The van der Waals surface area contributed by atoms with Crippen molar-refractivity contribution >= 4 is 0 Å². The highest BCUT2D eigenvalue weighted by Crippen LogP contribution is 2.34. The molecule has 3 aromatic rings. The normalized spacial score (nSPS) is 12.8. The molecule has 5 nitrogen and oxygen atoms in total. The molecule has 0 unspecified atom stereocenters. The van der Waals surface area contributed by atoms with Gasteiger partial charge in [-0.05, 0) is 35.4 Å². The van der Waals surface area contributed by atoms with Gasteiger partial charge in [0.2, 0.25) is 0 Å². The largest absolute Gasteiger partial charge is 0.492 e. The van der Waals surface area contributed by atoms with E-state index in [0.29, 0.717) is 19.8 Å². The first kappa shape index (κ1) is 14.6. The Morgan fingerprint density at radius 2 is 1.75 bits per heavy atom. The zero-order chi connectivity index (χ0) is 16.2. The average Bonchev–Trinajstić information content (AvgIpc) is 3.15. The fourth-order valence-electron chi connectivity index (χ4n) is 2.65. The molecule has 1 aliphatic rings. The second-order valence-corrected chi connectivity index (χ2v) is 5.53. The molecule has 0 saturated heterocycles. The smallest absolute Gasteiger partial charge is 0.161 e. The number of ether oxygens (including phenoxy) is 3. The van der Waals surface area contributed by atoms with E-state index in [0.717, 1.165) is 34.9 Å². The van der Waals surface area contributed by atoms with Gasteiger partial charge in [0, 0.05) is 12.4 Å². The Bertz CT molecular complexity index is 798. The molecule has 0 aliphatic carbocycles. The van der Waals surface area contributed by atoms with Crippen molar-refractivity contribution < 1.29 is 14.2 Å². The number of nitrogens with zero attached hydrogens (tertiary/aromatic N) is 2. The third kappa shape index (κ3) is 3.20. The number of fused-ring (bicyclic) bond motifs is 1. The van der Waals surface area contributed by atoms with Crippen LogP contribution in [0, 0.1) is 0 Å². The summed E-state index contributed by atoms with van der Waals surface area (Å²) in [4.78, 5) is 4.01. The van der Waals surface area contributed by atoms with Gasteiger partial charge in [0.1, 0.15) is 25.6 Å². The van der Waals surface area contributed by atoms with Crippen LogP contribution >= 0.6 is 0 Å². The Hall–Kier alpha value is -2.95. The van der Waals surface area contributed by atoms with Gasteiger partial charge in [-0.2, -0.15) is 0 Å². The van der Waals surface area contributed by atoms with E-state index in [1.807, 2.05) is 41.1 Å². The van der Waals surface area contributed by atoms with Crippen molar-refractivity contribution in [3.8, 4) is 28.4 Å². The topological polar surface area (TPSA) is 45.5 Å². The molecule has 24 heavy (non-hydrogen) atoms. The molecule has 0 amide bonds. The summed E-state index contributed by atoms with van der Waals surface area (Å²) in [7, 11) is 0. The molecule has 0 radical (unpaired) electrons. The van der Waals surface area contributed by atoms with Crippen LogP contribution in [0.5, 0.6) is 17.2 Å². The highest BCUT2D eigenvalue weighted by molar-refractivity contribution is 5.67. The highest BCUT2D eigenvalue weighted by Gasteiger charge is 2.12. The van der Waals surface area contributed by atoms with E-state index in [9.17, 15) is 0 Å². The fourth-order valence-corrected chi connectivity index (χ4v) is 2.65. The van der Waals surface area contributed by atoms with E-state index in [2.05, 4.69) is 17.1 Å². The lowest BCUT2D eigenvalue weighted by Crippen LogP contribution is -2.15. The number of aromatic nitrogens is 2. The Morgan fingerprint density at radius 3 is 2.54 bits per heavy atom. The Labute approximate surface area is 140 Å². The van der Waals surface area contributed by atoms with E-state index in [1.165, 1.54) is 0 Å². The summed E-state index contributed by atoms with van der Waals surface area (Å²) in [6.45, 7) is 2.60. The summed E-state index contributed by atoms with van der Waals surface area (Å²) in [6.07, 6.45) is 5.48. The van der Waals surface area contributed by atoms with Gasteiger partial charge in [0.25, 0.3) is 0 Å². The SMILES string of the molecule is c1cn(CCOc2ccc(-c3ccc4c(c3)OCCO4)cc2)cn1. The molecule has 0 spiro atoms. The molecule has 0 saturated carbocycles. The second-order valence-electron chi connectivity index (χ2n) is 5.53. The molecule has 2 heterocycles. The van der Waals surface area contributed by atoms with Crippen LogP contribution in [-0.2, 0) is 6.54 Å². The summed E-state index contributed by atoms with van der Waals surface area (Å²) in [6, 6.07) is 14.1. The van der Waals surface area contributed by atoms with Crippen LogP contribution in [0.1, 0.15) is 0 Å². The van der Waals surface area contributed by atoms with Crippen molar-refractivity contribution in [3.05, 3.63) is 61.2 Å². The van der Waals surface area contributed by atoms with Crippen molar-refractivity contribution in [3.63, 3.8) is 0 Å². The average molecular weight is 322 g/mol. The van der Waals surface area contributed by atoms with Crippen LogP contribution < -0.4 is 14.2 Å². The molecule has 0 atom stereocenters. The van der Waals surface area contributed by atoms with Crippen LogP contribution in [0.3, 0.4) is 0 Å². The van der Waals surface area contributed by atoms with Crippen LogP contribution in [-0.4, -0.2) is 29.4 Å². The van der Waals surface area contributed by atoms with Crippen LogP contribution in [0.25, 0.3) is 11.1 Å². The molecule has 2 aromatic carbocycles. The van der Waals surface area contributed by atoms with Gasteiger partial charge in [0.15, 0.2) is 11.5 Å². The summed E-state index contributed by atoms with van der Waals surface area (Å²) in [5.74, 6) is 2.47. The predicted molar refractivity (Wildman–Crippen MR) is 90.6 cm³/mol. The lowest BCUT2D eigenvalue weighted by Gasteiger charge is -2.19. The molecule has 122 valence electrons. The predicted octanol–water partition coefficient (Wildman–Crippen LogP) is 3.40. The molecule has 4 rings (SSSR count). The van der Waals surface area contributed by atoms with Crippen molar-refractivity contribution in [1.82, 2.24) is 9.55 Å². The molecular formula is C19H18N2O3. The third-order valence-electron chi connectivity index (χ3n) is 3.91. The second kappa shape index (κ2) is 6.66. The van der Waals surface area contributed by atoms with Gasteiger partial charge in [-0.15, -0.1) is 0 Å². The van der Waals surface area contributed by atoms with Gasteiger partial charge in [0.05, 0.1) is 12.9 Å². The minimum absolute atomic E-state index is 0.597. The molecule has 1 aromatic heterocycles. The van der Waals surface area contributed by atoms with Gasteiger partial charge >= 0.3 is 0 Å². The molecule has 0 N–H and O–H groups in total. The number of rotatable bonds is 5. The van der Waals surface area contributed by atoms with Crippen molar-refractivity contribution in [1.29, 1.82) is 0 Å². The number of hydrogen-bond acceptors (Lipinski definition) is 4. The van der Waals surface area contributed by atoms with Crippen molar-refractivity contribution in [2.75, 3.05) is 19.8 Å². The first-order valence-electron chi connectivity index (χ1n) is 7.97. The summed E-state index contributed by atoms with van der Waals surface area (Å²) in [5.41, 5.74) is 2.22. The number of hydrogen-bond donors (Lipinski definition) is 0. The maximum atomic E-state index is 5.77. The molecule has 0 fully saturated rings. The minimum Gasteiger partial charge on any atom is -0.492 e. The lowest BCUT2D eigenvalue weighted by atomic mass is 10.0. The molecule has 1 aliphatic heterocycles. The minimum atomic E-state index is 0.597. The third-order valence-corrected chi connectivity index (χ3v) is 3.91. The molecule has 0 bridgehead atoms. The van der Waals surface area contributed by atoms with Gasteiger partial charge in [-0.1, -0.05) is 18.2 Å².